The van der Waals surface area contributed by atoms with Crippen LogP contribution in [0.25, 0.3) is 0 Å². The molecule has 62 valence electrons. The molecule has 0 saturated carbocycles. The average Bonchev–Trinajstić information content (AvgIpc) is 2.39. The summed E-state index contributed by atoms with van der Waals surface area (Å²) >= 11 is 0. The molecule has 5 nitrogen and oxygen atoms in total. The van der Waals surface area contributed by atoms with E-state index < -0.39 is 23.1 Å². The van der Waals surface area contributed by atoms with Crippen molar-refractivity contribution in [2.45, 2.75) is 25.0 Å². The fraction of sp³-hybridized carbons (Fsp3) is 0.667. The number of hydrogen-bond donors (Lipinski definition) is 0. The van der Waals surface area contributed by atoms with Crippen LogP contribution in [-0.2, 0) is 14.3 Å². The fourth-order valence-electron chi connectivity index (χ4n) is 0.856. The molecule has 1 aliphatic heterocycles. The summed E-state index contributed by atoms with van der Waals surface area (Å²) in [6.07, 6.45) is 0. The zero-order valence-corrected chi connectivity index (χ0v) is 12.0. The monoisotopic (exact) mass is 204 g/mol. The molecular weight excluding hydrogens is 198 g/mol. The second-order valence-corrected chi connectivity index (χ2v) is 2.74. The number of ether oxygens (including phenoxy) is 1. The van der Waals surface area contributed by atoms with Crippen LogP contribution < -0.4 is 69.3 Å². The molecule has 0 aliphatic carbocycles. The molecule has 0 spiro atoms. The van der Waals surface area contributed by atoms with E-state index in [4.69, 9.17) is 0 Å². The molecule has 0 aromatic rings. The van der Waals surface area contributed by atoms with Gasteiger partial charge in [0.2, 0.25) is 0 Å². The second-order valence-electron chi connectivity index (χ2n) is 2.74. The Morgan fingerprint density at radius 1 is 1.00 bits per heavy atom. The van der Waals surface area contributed by atoms with Crippen LogP contribution in [0.4, 0.5) is 0 Å². The topological polar surface area (TPSA) is 92.8 Å². The van der Waals surface area contributed by atoms with Gasteiger partial charge in [-0.05, 0) is 13.8 Å². The first kappa shape index (κ1) is 16.3. The molecule has 1 saturated heterocycles. The average molecular weight is 204 g/mol. The Balaban J connectivity index is 0. The number of hydrogen-bond acceptors (Lipinski definition) is 5. The second kappa shape index (κ2) is 4.61. The maximum Gasteiger partial charge on any atom is 1.00 e. The predicted octanol–water partition coefficient (Wildman–Crippen LogP) is -8.96. The summed E-state index contributed by atoms with van der Waals surface area (Å²) in [6.45, 7) is 2.27. The van der Waals surface area contributed by atoms with Gasteiger partial charge in [0.05, 0.1) is 11.9 Å². The van der Waals surface area contributed by atoms with Crippen molar-refractivity contribution in [3.05, 3.63) is 0 Å². The number of carbonyl (C=O) groups is 2. The molecule has 1 rings (SSSR count). The quantitative estimate of drug-likeness (QED) is 0.329. The molecule has 1 heterocycles. The maximum atomic E-state index is 10.3. The Morgan fingerprint density at radius 3 is 1.31 bits per heavy atom. The molecule has 2 unspecified atom stereocenters. The molecule has 0 aromatic heterocycles. The first-order valence-corrected chi connectivity index (χ1v) is 2.97. The van der Waals surface area contributed by atoms with Crippen LogP contribution >= 0.6 is 0 Å². The standard InChI is InChI=1S/C6H8O5.2Na/c1-5(3(7)8)6(2,11-5)4(9)10;;/h1-2H3,(H,7,8)(H,9,10);;/q;2*+1/p-2. The predicted molar refractivity (Wildman–Crippen MR) is 27.9 cm³/mol. The summed E-state index contributed by atoms with van der Waals surface area (Å²) in [6, 6.07) is 0. The van der Waals surface area contributed by atoms with E-state index in [1.165, 1.54) is 0 Å². The first-order valence-electron chi connectivity index (χ1n) is 2.97. The van der Waals surface area contributed by atoms with Gasteiger partial charge in [-0.15, -0.1) is 0 Å². The molecule has 0 amide bonds. The van der Waals surface area contributed by atoms with Gasteiger partial charge in [0.15, 0.2) is 0 Å². The van der Waals surface area contributed by atoms with Gasteiger partial charge >= 0.3 is 59.1 Å². The number of rotatable bonds is 2. The van der Waals surface area contributed by atoms with Crippen LogP contribution in [-0.4, -0.2) is 23.1 Å². The Hall–Kier alpha value is 0.900. The van der Waals surface area contributed by atoms with E-state index in [2.05, 4.69) is 4.74 Å². The van der Waals surface area contributed by atoms with Crippen molar-refractivity contribution in [2.75, 3.05) is 0 Å². The summed E-state index contributed by atoms with van der Waals surface area (Å²) in [5, 5.41) is 20.6. The summed E-state index contributed by atoms with van der Waals surface area (Å²) in [7, 11) is 0. The molecule has 1 fully saturated rings. The summed E-state index contributed by atoms with van der Waals surface area (Å²) in [4.78, 5) is 20.6. The zero-order valence-electron chi connectivity index (χ0n) is 8.04. The van der Waals surface area contributed by atoms with Crippen molar-refractivity contribution in [1.29, 1.82) is 0 Å². The smallest absolute Gasteiger partial charge is 0.547 e. The van der Waals surface area contributed by atoms with E-state index in [0.29, 0.717) is 0 Å². The molecule has 0 N–H and O–H groups in total. The van der Waals surface area contributed by atoms with Gasteiger partial charge in [0, 0.05) is 0 Å². The summed E-state index contributed by atoms with van der Waals surface area (Å²) in [5.41, 5.74) is -3.46. The molecule has 2 atom stereocenters. The minimum atomic E-state index is -1.73. The van der Waals surface area contributed by atoms with Gasteiger partial charge < -0.3 is 24.5 Å². The number of carbonyl (C=O) groups excluding carboxylic acids is 2. The minimum Gasteiger partial charge on any atom is -0.547 e. The number of aliphatic carboxylic acids is 2. The van der Waals surface area contributed by atoms with E-state index >= 15 is 0 Å². The van der Waals surface area contributed by atoms with Gasteiger partial charge in [-0.3, -0.25) is 0 Å². The van der Waals surface area contributed by atoms with Gasteiger partial charge in [-0.25, -0.2) is 0 Å². The summed E-state index contributed by atoms with van der Waals surface area (Å²) < 4.78 is 4.49. The number of carboxylic acids is 2. The third kappa shape index (κ3) is 2.28. The fourth-order valence-corrected chi connectivity index (χ4v) is 0.856. The largest absolute Gasteiger partial charge is 1.00 e. The van der Waals surface area contributed by atoms with Crippen molar-refractivity contribution in [1.82, 2.24) is 0 Å². The van der Waals surface area contributed by atoms with Crippen LogP contribution in [0, 0.1) is 0 Å². The van der Waals surface area contributed by atoms with Gasteiger partial charge in [-0.2, -0.15) is 0 Å². The van der Waals surface area contributed by atoms with Crippen LogP contribution in [0.3, 0.4) is 0 Å². The molecule has 0 radical (unpaired) electrons. The molecule has 0 bridgehead atoms. The van der Waals surface area contributed by atoms with Crippen molar-refractivity contribution in [3.8, 4) is 0 Å². The SMILES string of the molecule is CC1(C(=O)[O-])OC1(C)C(=O)[O-].[Na+].[Na+]. The van der Waals surface area contributed by atoms with E-state index in [1.807, 2.05) is 0 Å². The third-order valence-corrected chi connectivity index (χ3v) is 2.06. The molecular formula is C6H6Na2O5. The van der Waals surface area contributed by atoms with Crippen molar-refractivity contribution in [3.63, 3.8) is 0 Å². The van der Waals surface area contributed by atoms with E-state index in [-0.39, 0.29) is 59.1 Å². The van der Waals surface area contributed by atoms with Gasteiger partial charge in [0.25, 0.3) is 0 Å². The van der Waals surface area contributed by atoms with E-state index in [1.54, 1.807) is 0 Å². The Labute approximate surface area is 119 Å². The number of carboxylic acid groups (broad SMARTS) is 2. The van der Waals surface area contributed by atoms with Crippen LogP contribution in [0.2, 0.25) is 0 Å². The van der Waals surface area contributed by atoms with Crippen molar-refractivity contribution in [2.24, 2.45) is 0 Å². The zero-order chi connectivity index (χ0) is 8.86. The van der Waals surface area contributed by atoms with E-state index in [9.17, 15) is 19.8 Å². The maximum absolute atomic E-state index is 10.3. The van der Waals surface area contributed by atoms with E-state index in [0.717, 1.165) is 13.8 Å². The minimum absolute atomic E-state index is 0. The van der Waals surface area contributed by atoms with Crippen molar-refractivity contribution >= 4 is 11.9 Å². The molecule has 0 aromatic carbocycles. The van der Waals surface area contributed by atoms with Crippen LogP contribution in [0.5, 0.6) is 0 Å². The third-order valence-electron chi connectivity index (χ3n) is 2.06. The Bertz CT molecular complexity index is 219. The van der Waals surface area contributed by atoms with Crippen LogP contribution in [0.1, 0.15) is 13.8 Å². The van der Waals surface area contributed by atoms with Crippen LogP contribution in [0.15, 0.2) is 0 Å². The van der Waals surface area contributed by atoms with Crippen molar-refractivity contribution < 1.29 is 83.7 Å². The normalized spacial score (nSPS) is 35.2. The first-order chi connectivity index (χ1) is 4.84. The Kier molecular flexibility index (Phi) is 5.80. The molecule has 7 heteroatoms. The molecule has 13 heavy (non-hydrogen) atoms. The number of epoxide rings is 1. The van der Waals surface area contributed by atoms with Gasteiger partial charge in [0.1, 0.15) is 11.2 Å². The Morgan fingerprint density at radius 2 is 1.23 bits per heavy atom. The van der Waals surface area contributed by atoms with Gasteiger partial charge in [-0.1, -0.05) is 0 Å². The molecule has 1 aliphatic rings. The summed E-state index contributed by atoms with van der Waals surface area (Å²) in [5.74, 6) is -3.08.